The monoisotopic (exact) mass is 496 g/mol. The number of anilines is 2. The van der Waals surface area contributed by atoms with Crippen molar-refractivity contribution >= 4 is 34.3 Å². The lowest BCUT2D eigenvalue weighted by Gasteiger charge is -2.21. The van der Waals surface area contributed by atoms with Gasteiger partial charge in [-0.3, -0.25) is 14.7 Å². The molecule has 0 aliphatic carbocycles. The number of amides is 2. The minimum Gasteiger partial charge on any atom is -0.497 e. The molecule has 36 heavy (non-hydrogen) atoms. The topological polar surface area (TPSA) is 122 Å². The van der Waals surface area contributed by atoms with Crippen LogP contribution in [-0.4, -0.2) is 61.1 Å². The van der Waals surface area contributed by atoms with Crippen LogP contribution >= 0.6 is 0 Å². The molecule has 2 amide bonds. The summed E-state index contributed by atoms with van der Waals surface area (Å²) in [5, 5.41) is 16.9. The first-order valence-electron chi connectivity index (χ1n) is 11.5. The highest BCUT2D eigenvalue weighted by molar-refractivity contribution is 5.97. The van der Waals surface area contributed by atoms with Crippen LogP contribution in [-0.2, 0) is 16.1 Å². The maximum Gasteiger partial charge on any atom is 0.414 e. The highest BCUT2D eigenvalue weighted by atomic mass is 19.1. The van der Waals surface area contributed by atoms with Crippen molar-refractivity contribution in [1.29, 1.82) is 0 Å². The zero-order chi connectivity index (χ0) is 25.2. The number of aromatic nitrogens is 1. The van der Waals surface area contributed by atoms with Gasteiger partial charge in [0, 0.05) is 36.1 Å². The average molecular weight is 496 g/mol. The van der Waals surface area contributed by atoms with Gasteiger partial charge in [-0.25, -0.2) is 9.18 Å². The number of benzene rings is 2. The number of hydrogen-bond acceptors (Lipinski definition) is 8. The molecule has 0 saturated carbocycles. The van der Waals surface area contributed by atoms with Gasteiger partial charge < -0.3 is 30.0 Å². The van der Waals surface area contributed by atoms with Crippen LogP contribution in [0.5, 0.6) is 11.5 Å². The lowest BCUT2D eigenvalue weighted by Crippen LogP contribution is -2.31. The molecule has 3 heterocycles. The number of methoxy groups -OCH3 is 1. The van der Waals surface area contributed by atoms with E-state index in [1.54, 1.807) is 36.4 Å². The van der Waals surface area contributed by atoms with Gasteiger partial charge in [-0.05, 0) is 36.4 Å². The molecule has 10 nitrogen and oxygen atoms in total. The number of aliphatic hydroxyl groups is 1. The quantitative estimate of drug-likeness (QED) is 0.435. The van der Waals surface area contributed by atoms with Gasteiger partial charge >= 0.3 is 6.09 Å². The third kappa shape index (κ3) is 4.88. The zero-order valence-corrected chi connectivity index (χ0v) is 19.5. The van der Waals surface area contributed by atoms with E-state index in [4.69, 9.17) is 14.2 Å². The summed E-state index contributed by atoms with van der Waals surface area (Å²) in [6, 6.07) is 10.3. The summed E-state index contributed by atoms with van der Waals surface area (Å²) >= 11 is 0. The Morgan fingerprint density at radius 3 is 3.00 bits per heavy atom. The SMILES string of the molecule is COc1ccc2ncc(F)c(CNC[C@H](O)C[C@@H]3CN(c4ccc5c(c4)NC(=O)CO5)C(=O)O3)c2c1. The van der Waals surface area contributed by atoms with E-state index in [9.17, 15) is 19.1 Å². The average Bonchev–Trinajstić information content (AvgIpc) is 3.24. The summed E-state index contributed by atoms with van der Waals surface area (Å²) in [5.74, 6) is 0.402. The Hall–Kier alpha value is -3.96. The van der Waals surface area contributed by atoms with Crippen molar-refractivity contribution < 1.29 is 33.3 Å². The van der Waals surface area contributed by atoms with Crippen LogP contribution in [0.3, 0.4) is 0 Å². The summed E-state index contributed by atoms with van der Waals surface area (Å²) in [5.41, 5.74) is 2.10. The minimum atomic E-state index is -0.829. The summed E-state index contributed by atoms with van der Waals surface area (Å²) in [6.45, 7) is 0.537. The maximum absolute atomic E-state index is 14.5. The van der Waals surface area contributed by atoms with Crippen molar-refractivity contribution in [2.24, 2.45) is 0 Å². The van der Waals surface area contributed by atoms with Crippen LogP contribution in [0.2, 0.25) is 0 Å². The van der Waals surface area contributed by atoms with Gasteiger partial charge in [-0.1, -0.05) is 0 Å². The Bertz CT molecular complexity index is 1320. The Morgan fingerprint density at radius 1 is 1.31 bits per heavy atom. The number of hydrogen-bond donors (Lipinski definition) is 3. The molecule has 3 N–H and O–H groups in total. The number of nitrogens with zero attached hydrogens (tertiary/aromatic N) is 2. The molecule has 0 unspecified atom stereocenters. The lowest BCUT2D eigenvalue weighted by atomic mass is 10.1. The van der Waals surface area contributed by atoms with E-state index in [-0.39, 0.29) is 38.6 Å². The molecule has 188 valence electrons. The normalized spacial score (nSPS) is 17.9. The Balaban J connectivity index is 1.17. The Kier molecular flexibility index (Phi) is 6.57. The zero-order valence-electron chi connectivity index (χ0n) is 19.5. The predicted octanol–water partition coefficient (Wildman–Crippen LogP) is 2.58. The number of carbonyl (C=O) groups excluding carboxylic acids is 2. The number of ether oxygens (including phenoxy) is 3. The van der Waals surface area contributed by atoms with Gasteiger partial charge in [0.2, 0.25) is 0 Å². The van der Waals surface area contributed by atoms with Crippen molar-refractivity contribution in [2.75, 3.05) is 37.0 Å². The smallest absolute Gasteiger partial charge is 0.414 e. The summed E-state index contributed by atoms with van der Waals surface area (Å²) in [6.07, 6.45) is -0.522. The molecule has 11 heteroatoms. The van der Waals surface area contributed by atoms with Gasteiger partial charge in [-0.2, -0.15) is 0 Å². The van der Waals surface area contributed by atoms with Gasteiger partial charge in [0.05, 0.1) is 37.2 Å². The number of aliphatic hydroxyl groups excluding tert-OH is 1. The molecule has 2 aromatic carbocycles. The van der Waals surface area contributed by atoms with Gasteiger partial charge in [0.15, 0.2) is 6.61 Å². The van der Waals surface area contributed by atoms with Gasteiger partial charge in [0.1, 0.15) is 23.4 Å². The van der Waals surface area contributed by atoms with Crippen LogP contribution in [0.15, 0.2) is 42.6 Å². The van der Waals surface area contributed by atoms with Crippen LogP contribution in [0, 0.1) is 5.82 Å². The molecule has 2 aliphatic rings. The molecule has 3 aromatic rings. The fourth-order valence-corrected chi connectivity index (χ4v) is 4.35. The fourth-order valence-electron chi connectivity index (χ4n) is 4.35. The lowest BCUT2D eigenvalue weighted by molar-refractivity contribution is -0.118. The third-order valence-corrected chi connectivity index (χ3v) is 6.13. The van der Waals surface area contributed by atoms with E-state index in [2.05, 4.69) is 15.6 Å². The molecule has 2 aliphatic heterocycles. The van der Waals surface area contributed by atoms with Crippen molar-refractivity contribution in [3.8, 4) is 11.5 Å². The molecule has 1 fully saturated rings. The number of rotatable bonds is 8. The van der Waals surface area contributed by atoms with Crippen LogP contribution in [0.1, 0.15) is 12.0 Å². The van der Waals surface area contributed by atoms with Crippen molar-refractivity contribution in [1.82, 2.24) is 10.3 Å². The molecule has 5 rings (SSSR count). The highest BCUT2D eigenvalue weighted by Crippen LogP contribution is 2.34. The first-order chi connectivity index (χ1) is 17.4. The standard InChI is InChI=1S/C25H25FN4O6/c1-34-16-3-4-21-18(8-16)19(20(26)11-28-21)10-27-9-15(31)7-17-12-30(25(33)36-17)14-2-5-23-22(6-14)29-24(32)13-35-23/h2-6,8,11,15,17,27,31H,7,9-10,12-13H2,1H3,(H,29,32)/t15-,17-/m1/s1. The second kappa shape index (κ2) is 9.96. The van der Waals surface area contributed by atoms with E-state index in [0.717, 1.165) is 0 Å². The number of pyridine rings is 1. The maximum atomic E-state index is 14.5. The molecule has 0 radical (unpaired) electrons. The minimum absolute atomic E-state index is 0.0513. The Labute approximate surface area is 206 Å². The second-order valence-electron chi connectivity index (χ2n) is 8.62. The van der Waals surface area contributed by atoms with Crippen molar-refractivity contribution in [3.05, 3.63) is 54.0 Å². The Morgan fingerprint density at radius 2 is 2.17 bits per heavy atom. The van der Waals surface area contributed by atoms with E-state index in [1.165, 1.54) is 18.2 Å². The summed E-state index contributed by atoms with van der Waals surface area (Å²) in [4.78, 5) is 29.6. The summed E-state index contributed by atoms with van der Waals surface area (Å²) < 4.78 is 30.5. The van der Waals surface area contributed by atoms with Gasteiger partial charge in [-0.15, -0.1) is 0 Å². The van der Waals surface area contributed by atoms with E-state index in [1.807, 2.05) is 0 Å². The molecule has 0 spiro atoms. The molecular weight excluding hydrogens is 471 g/mol. The van der Waals surface area contributed by atoms with Crippen molar-refractivity contribution in [2.45, 2.75) is 25.2 Å². The van der Waals surface area contributed by atoms with Crippen LogP contribution in [0.4, 0.5) is 20.6 Å². The molecular formula is C25H25FN4O6. The first-order valence-corrected chi connectivity index (χ1v) is 11.5. The molecule has 0 bridgehead atoms. The molecule has 1 saturated heterocycles. The van der Waals surface area contributed by atoms with Crippen LogP contribution in [0.25, 0.3) is 10.9 Å². The number of carbonyl (C=O) groups is 2. The third-order valence-electron chi connectivity index (χ3n) is 6.13. The van der Waals surface area contributed by atoms with Crippen molar-refractivity contribution in [3.63, 3.8) is 0 Å². The van der Waals surface area contributed by atoms with E-state index < -0.39 is 24.1 Å². The van der Waals surface area contributed by atoms with E-state index in [0.29, 0.717) is 39.3 Å². The number of nitrogens with one attached hydrogen (secondary N) is 2. The fraction of sp³-hybridized carbons (Fsp3) is 0.320. The van der Waals surface area contributed by atoms with Crippen LogP contribution < -0.4 is 25.0 Å². The second-order valence-corrected chi connectivity index (χ2v) is 8.62. The summed E-state index contributed by atoms with van der Waals surface area (Å²) in [7, 11) is 1.54. The predicted molar refractivity (Wildman–Crippen MR) is 129 cm³/mol. The van der Waals surface area contributed by atoms with Gasteiger partial charge in [0.25, 0.3) is 5.91 Å². The molecule has 2 atom stereocenters. The molecule has 1 aromatic heterocycles. The first kappa shape index (κ1) is 23.8. The highest BCUT2D eigenvalue weighted by Gasteiger charge is 2.34. The van der Waals surface area contributed by atoms with E-state index >= 15 is 0 Å². The number of fused-ring (bicyclic) bond motifs is 2. The number of halogens is 1. The largest absolute Gasteiger partial charge is 0.497 e. The number of cyclic esters (lactones) is 1.